The number of carbonyl (C=O) groups is 1. The molecule has 1 aromatic rings. The highest BCUT2D eigenvalue weighted by Gasteiger charge is 2.40. The molecule has 7 heteroatoms. The molecule has 0 fully saturated rings. The summed E-state index contributed by atoms with van der Waals surface area (Å²) in [7, 11) is 0. The average Bonchev–Trinajstić information content (AvgIpc) is 2.38. The van der Waals surface area contributed by atoms with Crippen LogP contribution in [0.5, 0.6) is 0 Å². The molecule has 1 aromatic carbocycles. The van der Waals surface area contributed by atoms with Gasteiger partial charge in [0.05, 0.1) is 15.1 Å². The lowest BCUT2D eigenvalue weighted by Crippen LogP contribution is -2.38. The van der Waals surface area contributed by atoms with Crippen molar-refractivity contribution in [2.24, 2.45) is 5.41 Å². The zero-order chi connectivity index (χ0) is 13.9. The Balaban J connectivity index is 3.26. The Hall–Kier alpha value is -0.450. The summed E-state index contributed by atoms with van der Waals surface area (Å²) in [5, 5.41) is -0.0720. The number of benzene rings is 1. The molecule has 0 aliphatic heterocycles. The minimum Gasteiger partial charge on any atom is -0.293 e. The van der Waals surface area contributed by atoms with Crippen LogP contribution in [0.25, 0.3) is 0 Å². The summed E-state index contributed by atoms with van der Waals surface area (Å²) in [6.07, 6.45) is 0. The van der Waals surface area contributed by atoms with E-state index in [2.05, 4.69) is 0 Å². The van der Waals surface area contributed by atoms with Gasteiger partial charge in [0.15, 0.2) is 5.78 Å². The molecule has 0 radical (unpaired) electrons. The molecule has 0 spiro atoms. The second kappa shape index (κ2) is 6.13. The van der Waals surface area contributed by atoms with Gasteiger partial charge >= 0.3 is 0 Å². The van der Waals surface area contributed by atoms with E-state index in [1.54, 1.807) is 0 Å². The van der Waals surface area contributed by atoms with Crippen molar-refractivity contribution in [3.8, 4) is 0 Å². The third-order valence-corrected chi connectivity index (χ3v) is 3.69. The molecule has 0 saturated carbocycles. The van der Waals surface area contributed by atoms with Gasteiger partial charge in [0, 0.05) is 5.56 Å². The molecule has 1 rings (SSSR count). The summed E-state index contributed by atoms with van der Waals surface area (Å²) in [6.45, 7) is -4.34. The third kappa shape index (κ3) is 2.76. The molecular formula is C11H8Cl3F3O. The van der Waals surface area contributed by atoms with Gasteiger partial charge in [0.2, 0.25) is 0 Å². The molecule has 0 saturated heterocycles. The number of halogens is 6. The first-order valence-electron chi connectivity index (χ1n) is 4.79. The van der Waals surface area contributed by atoms with E-state index >= 15 is 0 Å². The van der Waals surface area contributed by atoms with Crippen molar-refractivity contribution in [2.75, 3.05) is 20.0 Å². The molecule has 1 nitrogen and oxygen atoms in total. The summed E-state index contributed by atoms with van der Waals surface area (Å²) in [4.78, 5) is 11.9. The Morgan fingerprint density at radius 2 is 1.39 bits per heavy atom. The van der Waals surface area contributed by atoms with E-state index in [1.807, 2.05) is 0 Å². The number of rotatable bonds is 5. The van der Waals surface area contributed by atoms with Crippen molar-refractivity contribution in [3.05, 3.63) is 32.8 Å². The molecule has 0 N–H and O–H groups in total. The molecule has 18 heavy (non-hydrogen) atoms. The Labute approximate surface area is 117 Å². The predicted octanol–water partition coefficient (Wildman–Crippen LogP) is 4.72. The topological polar surface area (TPSA) is 17.1 Å². The van der Waals surface area contributed by atoms with E-state index < -0.39 is 31.2 Å². The monoisotopic (exact) mass is 318 g/mol. The standard InChI is InChI=1S/C11H8Cl3F3O/c12-7-1-6(2-8(13)9(7)14)10(18)11(3-15,4-16)5-17/h1-2H,3-5H2. The van der Waals surface area contributed by atoms with Crippen LogP contribution in [0, 0.1) is 5.41 Å². The van der Waals surface area contributed by atoms with E-state index in [0.29, 0.717) is 0 Å². The van der Waals surface area contributed by atoms with Gasteiger partial charge in [-0.2, -0.15) is 0 Å². The van der Waals surface area contributed by atoms with Crippen LogP contribution in [0.2, 0.25) is 15.1 Å². The van der Waals surface area contributed by atoms with E-state index in [4.69, 9.17) is 34.8 Å². The van der Waals surface area contributed by atoms with Crippen LogP contribution in [0.4, 0.5) is 13.2 Å². The SMILES string of the molecule is O=C(c1cc(Cl)c(Cl)c(Cl)c1)C(CF)(CF)CF. The molecule has 0 unspecified atom stereocenters. The molecular weight excluding hydrogens is 311 g/mol. The van der Waals surface area contributed by atoms with Crippen LogP contribution in [-0.2, 0) is 0 Å². The number of ketones is 1. The fourth-order valence-electron chi connectivity index (χ4n) is 1.28. The lowest BCUT2D eigenvalue weighted by molar-refractivity contribution is 0.0599. The summed E-state index contributed by atoms with van der Waals surface area (Å²) in [5.74, 6) is -1.03. The predicted molar refractivity (Wildman–Crippen MR) is 66.2 cm³/mol. The van der Waals surface area contributed by atoms with E-state index in [-0.39, 0.29) is 20.6 Å². The average molecular weight is 320 g/mol. The summed E-state index contributed by atoms with van der Waals surface area (Å²) in [6, 6.07) is 2.21. The highest BCUT2D eigenvalue weighted by molar-refractivity contribution is 6.48. The van der Waals surface area contributed by atoms with Crippen molar-refractivity contribution in [2.45, 2.75) is 0 Å². The first kappa shape index (κ1) is 15.6. The van der Waals surface area contributed by atoms with Crippen molar-refractivity contribution in [1.29, 1.82) is 0 Å². The Morgan fingerprint density at radius 1 is 1.00 bits per heavy atom. The molecule has 0 heterocycles. The third-order valence-electron chi connectivity index (χ3n) is 2.50. The lowest BCUT2D eigenvalue weighted by Gasteiger charge is -2.22. The van der Waals surface area contributed by atoms with Crippen LogP contribution in [0.15, 0.2) is 12.1 Å². The zero-order valence-electron chi connectivity index (χ0n) is 8.95. The minimum atomic E-state index is -2.33. The fraction of sp³-hybridized carbons (Fsp3) is 0.364. The number of alkyl halides is 3. The van der Waals surface area contributed by atoms with Gasteiger partial charge < -0.3 is 0 Å². The summed E-state index contributed by atoms with van der Waals surface area (Å²) in [5.41, 5.74) is -2.51. The molecule has 0 amide bonds. The smallest absolute Gasteiger partial charge is 0.177 e. The van der Waals surface area contributed by atoms with Gasteiger partial charge in [-0.25, -0.2) is 13.2 Å². The van der Waals surface area contributed by atoms with Crippen molar-refractivity contribution in [3.63, 3.8) is 0 Å². The van der Waals surface area contributed by atoms with Crippen LogP contribution in [0.1, 0.15) is 10.4 Å². The number of carbonyl (C=O) groups excluding carboxylic acids is 1. The second-order valence-electron chi connectivity index (χ2n) is 3.76. The first-order chi connectivity index (χ1) is 8.41. The minimum absolute atomic E-state index is 0.0150. The lowest BCUT2D eigenvalue weighted by atomic mass is 9.84. The Bertz CT molecular complexity index is 430. The highest BCUT2D eigenvalue weighted by atomic mass is 35.5. The van der Waals surface area contributed by atoms with Crippen LogP contribution < -0.4 is 0 Å². The van der Waals surface area contributed by atoms with E-state index in [0.717, 1.165) is 12.1 Å². The van der Waals surface area contributed by atoms with Gasteiger partial charge in [-0.05, 0) is 12.1 Å². The molecule has 0 aromatic heterocycles. The van der Waals surface area contributed by atoms with Gasteiger partial charge in [0.1, 0.15) is 25.4 Å². The molecule has 0 atom stereocenters. The van der Waals surface area contributed by atoms with Gasteiger partial charge in [0.25, 0.3) is 0 Å². The van der Waals surface area contributed by atoms with Gasteiger partial charge in [-0.1, -0.05) is 34.8 Å². The molecule has 0 aliphatic carbocycles. The Morgan fingerprint density at radius 3 is 1.72 bits per heavy atom. The van der Waals surface area contributed by atoms with E-state index in [9.17, 15) is 18.0 Å². The fourth-order valence-corrected chi connectivity index (χ4v) is 1.88. The molecule has 0 aliphatic rings. The number of hydrogen-bond acceptors (Lipinski definition) is 1. The maximum absolute atomic E-state index is 12.7. The highest BCUT2D eigenvalue weighted by Crippen LogP contribution is 2.34. The normalized spacial score (nSPS) is 11.7. The maximum Gasteiger partial charge on any atom is 0.177 e. The largest absolute Gasteiger partial charge is 0.293 e. The molecule has 0 bridgehead atoms. The number of Topliss-reactive ketones (excluding diaryl/α,β-unsaturated/α-hetero) is 1. The van der Waals surface area contributed by atoms with Crippen LogP contribution in [-0.4, -0.2) is 25.8 Å². The molecule has 100 valence electrons. The van der Waals surface area contributed by atoms with E-state index in [1.165, 1.54) is 0 Å². The maximum atomic E-state index is 12.7. The van der Waals surface area contributed by atoms with Crippen molar-refractivity contribution in [1.82, 2.24) is 0 Å². The van der Waals surface area contributed by atoms with Crippen LogP contribution >= 0.6 is 34.8 Å². The van der Waals surface area contributed by atoms with Crippen LogP contribution in [0.3, 0.4) is 0 Å². The van der Waals surface area contributed by atoms with Crippen molar-refractivity contribution < 1.29 is 18.0 Å². The first-order valence-corrected chi connectivity index (χ1v) is 5.92. The van der Waals surface area contributed by atoms with Crippen molar-refractivity contribution >= 4 is 40.6 Å². The zero-order valence-corrected chi connectivity index (χ0v) is 11.2. The summed E-state index contributed by atoms with van der Waals surface area (Å²) >= 11 is 17.1. The van der Waals surface area contributed by atoms with Gasteiger partial charge in [-0.3, -0.25) is 4.79 Å². The summed E-state index contributed by atoms with van der Waals surface area (Å²) < 4.78 is 38.2. The number of hydrogen-bond donors (Lipinski definition) is 0. The second-order valence-corrected chi connectivity index (χ2v) is 4.96. The van der Waals surface area contributed by atoms with Gasteiger partial charge in [-0.15, -0.1) is 0 Å². The quantitative estimate of drug-likeness (QED) is 0.567. The Kier molecular flexibility index (Phi) is 5.32.